The zero-order valence-electron chi connectivity index (χ0n) is 31.4. The molecule has 0 saturated heterocycles. The molecule has 0 aliphatic rings. The summed E-state index contributed by atoms with van der Waals surface area (Å²) in [4.78, 5) is 0. The van der Waals surface area contributed by atoms with Crippen LogP contribution in [0.2, 0.25) is 0 Å². The topological polar surface area (TPSA) is 0 Å². The normalized spacial score (nSPS) is 11.8. The lowest BCUT2D eigenvalue weighted by atomic mass is 9.81. The molecule has 286 valence electrons. The number of rotatable bonds is 4. The second kappa shape index (κ2) is 13.6. The predicted molar refractivity (Wildman–Crippen MR) is 233 cm³/mol. The highest BCUT2D eigenvalue weighted by Crippen LogP contribution is 2.50. The van der Waals surface area contributed by atoms with Gasteiger partial charge in [0.2, 0.25) is 0 Å². The van der Waals surface area contributed by atoms with Crippen molar-refractivity contribution in [2.45, 2.75) is 0 Å². The van der Waals surface area contributed by atoms with Crippen molar-refractivity contribution in [3.8, 4) is 44.5 Å². The molecule has 0 unspecified atom stereocenters. The van der Waals surface area contributed by atoms with E-state index in [2.05, 4.69) is 60.7 Å². The van der Waals surface area contributed by atoms with Gasteiger partial charge < -0.3 is 0 Å². The first-order chi connectivity index (χ1) is 29.2. The van der Waals surface area contributed by atoms with Crippen LogP contribution in [0, 0.1) is 34.9 Å². The summed E-state index contributed by atoms with van der Waals surface area (Å²) in [6.45, 7) is 0. The van der Waals surface area contributed by atoms with E-state index in [0.717, 1.165) is 111 Å². The molecular formula is C54H28F6. The first-order valence-electron chi connectivity index (χ1n) is 19.4. The highest BCUT2D eigenvalue weighted by Gasteiger charge is 2.23. The molecule has 0 saturated carbocycles. The maximum Gasteiger partial charge on any atom is 0.194 e. The van der Waals surface area contributed by atoms with Crippen molar-refractivity contribution in [3.05, 3.63) is 205 Å². The van der Waals surface area contributed by atoms with Crippen LogP contribution >= 0.6 is 0 Å². The quantitative estimate of drug-likeness (QED) is 0.0721. The Balaban J connectivity index is 1.36. The summed E-state index contributed by atoms with van der Waals surface area (Å²) in [5.74, 6) is -8.28. The SMILES string of the molecule is Fc1cc(-c2ccc3c(-c4cc5ccccc5c5ccccc45)c4cc(-c5cc(F)c(F)c(F)c5)ccc4c(-c4cc5ccccc5c5ccccc45)c3c2)cc(F)c1F. The molecule has 0 aliphatic heterocycles. The molecular weight excluding hydrogens is 763 g/mol. The highest BCUT2D eigenvalue weighted by atomic mass is 19.2. The summed E-state index contributed by atoms with van der Waals surface area (Å²) in [6, 6.07) is 51.9. The molecule has 11 aromatic rings. The van der Waals surface area contributed by atoms with Gasteiger partial charge in [-0.05, 0) is 158 Å². The molecule has 0 fully saturated rings. The molecule has 0 nitrogen and oxygen atoms in total. The Bertz CT molecular complexity index is 3340. The van der Waals surface area contributed by atoms with E-state index in [-0.39, 0.29) is 11.1 Å². The number of hydrogen-bond donors (Lipinski definition) is 0. The van der Waals surface area contributed by atoms with Gasteiger partial charge in [0.1, 0.15) is 0 Å². The van der Waals surface area contributed by atoms with Crippen LogP contribution < -0.4 is 0 Å². The second-order valence-corrected chi connectivity index (χ2v) is 15.2. The van der Waals surface area contributed by atoms with E-state index in [1.54, 1.807) is 12.1 Å². The molecule has 0 aromatic heterocycles. The van der Waals surface area contributed by atoms with Crippen molar-refractivity contribution in [1.82, 2.24) is 0 Å². The molecule has 0 radical (unpaired) electrons. The smallest absolute Gasteiger partial charge is 0.194 e. The van der Waals surface area contributed by atoms with Crippen molar-refractivity contribution in [2.24, 2.45) is 0 Å². The molecule has 11 aromatic carbocycles. The molecule has 0 N–H and O–H groups in total. The van der Waals surface area contributed by atoms with Crippen molar-refractivity contribution in [1.29, 1.82) is 0 Å². The van der Waals surface area contributed by atoms with Gasteiger partial charge in [-0.1, -0.05) is 121 Å². The third-order valence-corrected chi connectivity index (χ3v) is 11.8. The van der Waals surface area contributed by atoms with Gasteiger partial charge in [-0.3, -0.25) is 0 Å². The maximum absolute atomic E-state index is 14.8. The minimum Gasteiger partial charge on any atom is -0.204 e. The van der Waals surface area contributed by atoms with E-state index in [1.807, 2.05) is 72.8 Å². The molecule has 11 rings (SSSR count). The molecule has 6 heteroatoms. The highest BCUT2D eigenvalue weighted by molar-refractivity contribution is 6.29. The Morgan fingerprint density at radius 2 is 0.567 bits per heavy atom. The third kappa shape index (κ3) is 5.48. The standard InChI is InChI=1S/C54H28F6/c55-47-25-33(26-48(56)53(47)59)29-18-20-42-45(21-29)51(43-23-31-9-1-3-11-35(31)37-13-5-7-15-39(37)43)41-19-17-30(34-27-49(57)54(60)50(58)28-34)22-46(41)52(42)44-24-32-10-2-4-12-36(32)38-14-6-8-16-40(38)44/h1-28H. The van der Waals surface area contributed by atoms with Crippen LogP contribution in [-0.4, -0.2) is 0 Å². The van der Waals surface area contributed by atoms with Crippen molar-refractivity contribution >= 4 is 64.6 Å². The van der Waals surface area contributed by atoms with Gasteiger partial charge in [-0.15, -0.1) is 0 Å². The van der Waals surface area contributed by atoms with E-state index in [0.29, 0.717) is 11.1 Å². The zero-order chi connectivity index (χ0) is 40.8. The van der Waals surface area contributed by atoms with Gasteiger partial charge in [0.05, 0.1) is 0 Å². The van der Waals surface area contributed by atoms with E-state index < -0.39 is 34.9 Å². The Labute approximate surface area is 339 Å². The molecule has 0 bridgehead atoms. The fourth-order valence-electron chi connectivity index (χ4n) is 9.13. The van der Waals surface area contributed by atoms with Gasteiger partial charge in [0, 0.05) is 0 Å². The van der Waals surface area contributed by atoms with E-state index in [4.69, 9.17) is 0 Å². The fraction of sp³-hybridized carbons (Fsp3) is 0. The molecule has 60 heavy (non-hydrogen) atoms. The van der Waals surface area contributed by atoms with Crippen LogP contribution in [0.25, 0.3) is 109 Å². The minimum atomic E-state index is -1.55. The Kier molecular flexibility index (Phi) is 8.07. The Morgan fingerprint density at radius 3 is 0.950 bits per heavy atom. The molecule has 0 aliphatic carbocycles. The van der Waals surface area contributed by atoms with Crippen molar-refractivity contribution < 1.29 is 26.3 Å². The van der Waals surface area contributed by atoms with Gasteiger partial charge in [-0.2, -0.15) is 0 Å². The average molecular weight is 791 g/mol. The van der Waals surface area contributed by atoms with Gasteiger partial charge in [0.25, 0.3) is 0 Å². The van der Waals surface area contributed by atoms with Crippen LogP contribution in [0.1, 0.15) is 0 Å². The van der Waals surface area contributed by atoms with Crippen LogP contribution in [0.15, 0.2) is 170 Å². The average Bonchev–Trinajstić information content (AvgIpc) is 3.28. The largest absolute Gasteiger partial charge is 0.204 e. The van der Waals surface area contributed by atoms with Crippen LogP contribution in [-0.2, 0) is 0 Å². The summed E-state index contributed by atoms with van der Waals surface area (Å²) in [6.07, 6.45) is 0. The number of halogens is 6. The second-order valence-electron chi connectivity index (χ2n) is 15.2. The zero-order valence-corrected chi connectivity index (χ0v) is 31.4. The summed E-state index contributed by atoms with van der Waals surface area (Å²) in [7, 11) is 0. The fourth-order valence-corrected chi connectivity index (χ4v) is 9.13. The molecule has 0 spiro atoms. The van der Waals surface area contributed by atoms with Crippen LogP contribution in [0.5, 0.6) is 0 Å². The lowest BCUT2D eigenvalue weighted by molar-refractivity contribution is 0.447. The van der Waals surface area contributed by atoms with E-state index >= 15 is 0 Å². The Morgan fingerprint density at radius 1 is 0.233 bits per heavy atom. The number of hydrogen-bond acceptors (Lipinski definition) is 0. The summed E-state index contributed by atoms with van der Waals surface area (Å²) in [5.41, 5.74) is 4.65. The summed E-state index contributed by atoms with van der Waals surface area (Å²) in [5, 5.41) is 11.1. The van der Waals surface area contributed by atoms with Crippen molar-refractivity contribution in [2.75, 3.05) is 0 Å². The number of benzene rings is 11. The Hall–Kier alpha value is -7.44. The summed E-state index contributed by atoms with van der Waals surface area (Å²) < 4.78 is 88.0. The maximum atomic E-state index is 14.8. The predicted octanol–water partition coefficient (Wildman–Crippen LogP) is 16.1. The van der Waals surface area contributed by atoms with Gasteiger partial charge in [-0.25, -0.2) is 26.3 Å². The summed E-state index contributed by atoms with van der Waals surface area (Å²) >= 11 is 0. The van der Waals surface area contributed by atoms with E-state index in [1.165, 1.54) is 0 Å². The van der Waals surface area contributed by atoms with Crippen LogP contribution in [0.4, 0.5) is 26.3 Å². The minimum absolute atomic E-state index is 0.163. The lowest BCUT2D eigenvalue weighted by Gasteiger charge is -2.22. The van der Waals surface area contributed by atoms with Gasteiger partial charge in [0.15, 0.2) is 34.9 Å². The monoisotopic (exact) mass is 790 g/mol. The van der Waals surface area contributed by atoms with Crippen molar-refractivity contribution in [3.63, 3.8) is 0 Å². The van der Waals surface area contributed by atoms with Gasteiger partial charge >= 0.3 is 0 Å². The molecule has 0 heterocycles. The van der Waals surface area contributed by atoms with Crippen LogP contribution in [0.3, 0.4) is 0 Å². The molecule has 0 amide bonds. The van der Waals surface area contributed by atoms with E-state index in [9.17, 15) is 26.3 Å². The number of fused-ring (bicyclic) bond motifs is 8. The lowest BCUT2D eigenvalue weighted by Crippen LogP contribution is -1.96. The third-order valence-electron chi connectivity index (χ3n) is 11.8. The first kappa shape index (κ1) is 35.7. The first-order valence-corrected chi connectivity index (χ1v) is 19.4. The molecule has 0 atom stereocenters.